The lowest BCUT2D eigenvalue weighted by molar-refractivity contribution is -0.123. The second-order valence-electron chi connectivity index (χ2n) is 6.31. The second kappa shape index (κ2) is 8.63. The van der Waals surface area contributed by atoms with E-state index in [1.54, 1.807) is 17.5 Å². The van der Waals surface area contributed by atoms with Crippen molar-refractivity contribution in [2.75, 3.05) is 6.61 Å². The van der Waals surface area contributed by atoms with Gasteiger partial charge in [0.25, 0.3) is 5.91 Å². The topological polar surface area (TPSA) is 51.2 Å². The molecule has 0 aliphatic rings. The third-order valence-corrected chi connectivity index (χ3v) is 4.76. The largest absolute Gasteiger partial charge is 0.484 e. The fourth-order valence-electron chi connectivity index (χ4n) is 2.58. The van der Waals surface area contributed by atoms with E-state index in [4.69, 9.17) is 4.74 Å². The number of ether oxygens (including phenoxy) is 1. The predicted molar refractivity (Wildman–Crippen MR) is 105 cm³/mol. The molecule has 0 spiro atoms. The number of rotatable bonds is 7. The molecule has 0 aliphatic carbocycles. The SMILES string of the molecule is CC(C)c1ccc(OCC(=O)NCc2cccnc2-c2ccsc2)cc1. The molecule has 3 aromatic rings. The highest BCUT2D eigenvalue weighted by Crippen LogP contribution is 2.23. The number of benzene rings is 1. The maximum Gasteiger partial charge on any atom is 0.258 e. The van der Waals surface area contributed by atoms with Crippen LogP contribution >= 0.6 is 11.3 Å². The molecular weight excluding hydrogens is 344 g/mol. The van der Waals surface area contributed by atoms with E-state index in [9.17, 15) is 4.79 Å². The Hall–Kier alpha value is -2.66. The Morgan fingerprint density at radius 2 is 2.00 bits per heavy atom. The molecule has 5 heteroatoms. The summed E-state index contributed by atoms with van der Waals surface area (Å²) in [5.74, 6) is 1.02. The van der Waals surface area contributed by atoms with Gasteiger partial charge in [-0.2, -0.15) is 11.3 Å². The number of carbonyl (C=O) groups is 1. The lowest BCUT2D eigenvalue weighted by atomic mass is 10.0. The molecule has 1 aromatic carbocycles. The second-order valence-corrected chi connectivity index (χ2v) is 7.09. The van der Waals surface area contributed by atoms with Gasteiger partial charge in [-0.05, 0) is 46.7 Å². The normalized spacial score (nSPS) is 10.7. The van der Waals surface area contributed by atoms with Gasteiger partial charge in [-0.15, -0.1) is 0 Å². The van der Waals surface area contributed by atoms with Gasteiger partial charge in [0.05, 0.1) is 5.69 Å². The van der Waals surface area contributed by atoms with Crippen molar-refractivity contribution in [2.45, 2.75) is 26.3 Å². The fourth-order valence-corrected chi connectivity index (χ4v) is 3.22. The van der Waals surface area contributed by atoms with Gasteiger partial charge >= 0.3 is 0 Å². The van der Waals surface area contributed by atoms with Crippen LogP contribution in [-0.4, -0.2) is 17.5 Å². The Morgan fingerprint density at radius 1 is 1.19 bits per heavy atom. The number of nitrogens with zero attached hydrogens (tertiary/aromatic N) is 1. The lowest BCUT2D eigenvalue weighted by Crippen LogP contribution is -2.28. The standard InChI is InChI=1S/C21H22N2O2S/c1-15(2)16-5-7-19(8-6-16)25-13-20(24)23-12-17-4-3-10-22-21(17)18-9-11-26-14-18/h3-11,14-15H,12-13H2,1-2H3,(H,23,24). The van der Waals surface area contributed by atoms with Crippen LogP contribution in [0.15, 0.2) is 59.4 Å². The first-order valence-electron chi connectivity index (χ1n) is 8.59. The summed E-state index contributed by atoms with van der Waals surface area (Å²) in [6.07, 6.45) is 1.77. The Labute approximate surface area is 157 Å². The first-order valence-corrected chi connectivity index (χ1v) is 9.53. The number of thiophene rings is 1. The number of aromatic nitrogens is 1. The van der Waals surface area contributed by atoms with Crippen molar-refractivity contribution in [3.63, 3.8) is 0 Å². The number of hydrogen-bond donors (Lipinski definition) is 1. The molecular formula is C21H22N2O2S. The van der Waals surface area contributed by atoms with Crippen LogP contribution in [0.1, 0.15) is 30.9 Å². The molecule has 0 unspecified atom stereocenters. The summed E-state index contributed by atoms with van der Waals surface area (Å²) >= 11 is 1.63. The molecule has 1 amide bonds. The fraction of sp³-hybridized carbons (Fsp3) is 0.238. The summed E-state index contributed by atoms with van der Waals surface area (Å²) in [5, 5.41) is 6.97. The van der Waals surface area contributed by atoms with E-state index < -0.39 is 0 Å². The zero-order valence-electron chi connectivity index (χ0n) is 14.9. The van der Waals surface area contributed by atoms with Gasteiger partial charge < -0.3 is 10.1 Å². The number of carbonyl (C=O) groups excluding carboxylic acids is 1. The van der Waals surface area contributed by atoms with Crippen LogP contribution in [0.3, 0.4) is 0 Å². The van der Waals surface area contributed by atoms with Crippen molar-refractivity contribution in [3.05, 3.63) is 70.5 Å². The van der Waals surface area contributed by atoms with E-state index in [-0.39, 0.29) is 12.5 Å². The number of pyridine rings is 1. The first-order chi connectivity index (χ1) is 12.6. The molecule has 0 saturated heterocycles. The van der Waals surface area contributed by atoms with Crippen molar-refractivity contribution < 1.29 is 9.53 Å². The summed E-state index contributed by atoms with van der Waals surface area (Å²) in [5.41, 5.74) is 4.21. The van der Waals surface area contributed by atoms with Crippen LogP contribution < -0.4 is 10.1 Å². The van der Waals surface area contributed by atoms with Crippen LogP contribution in [0.5, 0.6) is 5.75 Å². The Morgan fingerprint density at radius 3 is 2.69 bits per heavy atom. The minimum Gasteiger partial charge on any atom is -0.484 e. The molecule has 0 saturated carbocycles. The first kappa shape index (κ1) is 18.1. The molecule has 0 fully saturated rings. The summed E-state index contributed by atoms with van der Waals surface area (Å²) in [6.45, 7) is 4.71. The molecule has 0 aliphatic heterocycles. The monoisotopic (exact) mass is 366 g/mol. The molecule has 2 heterocycles. The smallest absolute Gasteiger partial charge is 0.258 e. The highest BCUT2D eigenvalue weighted by atomic mass is 32.1. The molecule has 1 N–H and O–H groups in total. The Bertz CT molecular complexity index is 843. The van der Waals surface area contributed by atoms with E-state index in [1.165, 1.54) is 5.56 Å². The predicted octanol–water partition coefficient (Wildman–Crippen LogP) is 4.63. The third kappa shape index (κ3) is 4.70. The maximum atomic E-state index is 12.1. The zero-order valence-corrected chi connectivity index (χ0v) is 15.8. The number of amides is 1. The summed E-state index contributed by atoms with van der Waals surface area (Å²) in [4.78, 5) is 16.5. The average Bonchev–Trinajstić information content (AvgIpc) is 3.20. The molecule has 0 atom stereocenters. The van der Waals surface area contributed by atoms with Crippen LogP contribution in [0.4, 0.5) is 0 Å². The maximum absolute atomic E-state index is 12.1. The van der Waals surface area contributed by atoms with E-state index in [0.29, 0.717) is 18.2 Å². The van der Waals surface area contributed by atoms with Gasteiger partial charge in [-0.25, -0.2) is 0 Å². The molecule has 134 valence electrons. The van der Waals surface area contributed by atoms with Gasteiger partial charge in [-0.1, -0.05) is 32.0 Å². The van der Waals surface area contributed by atoms with Gasteiger partial charge in [-0.3, -0.25) is 9.78 Å². The minimum atomic E-state index is -0.155. The number of hydrogen-bond acceptors (Lipinski definition) is 4. The van der Waals surface area contributed by atoms with Crippen molar-refractivity contribution >= 4 is 17.2 Å². The Balaban J connectivity index is 1.53. The highest BCUT2D eigenvalue weighted by molar-refractivity contribution is 7.08. The molecule has 4 nitrogen and oxygen atoms in total. The Kier molecular flexibility index (Phi) is 6.02. The van der Waals surface area contributed by atoms with E-state index in [2.05, 4.69) is 29.5 Å². The average molecular weight is 366 g/mol. The highest BCUT2D eigenvalue weighted by Gasteiger charge is 2.09. The van der Waals surface area contributed by atoms with Gasteiger partial charge in [0.2, 0.25) is 0 Å². The van der Waals surface area contributed by atoms with Crippen molar-refractivity contribution in [3.8, 4) is 17.0 Å². The van der Waals surface area contributed by atoms with E-state index >= 15 is 0 Å². The van der Waals surface area contributed by atoms with Gasteiger partial charge in [0, 0.05) is 23.7 Å². The quantitative estimate of drug-likeness (QED) is 0.663. The van der Waals surface area contributed by atoms with Crippen molar-refractivity contribution in [1.82, 2.24) is 10.3 Å². The summed E-state index contributed by atoms with van der Waals surface area (Å²) < 4.78 is 5.57. The van der Waals surface area contributed by atoms with Crippen LogP contribution in [0.25, 0.3) is 11.3 Å². The van der Waals surface area contributed by atoms with Gasteiger partial charge in [0.15, 0.2) is 6.61 Å². The van der Waals surface area contributed by atoms with Gasteiger partial charge in [0.1, 0.15) is 5.75 Å². The summed E-state index contributed by atoms with van der Waals surface area (Å²) in [6, 6.07) is 13.7. The van der Waals surface area contributed by atoms with Crippen molar-refractivity contribution in [1.29, 1.82) is 0 Å². The lowest BCUT2D eigenvalue weighted by Gasteiger charge is -2.11. The molecule has 3 rings (SSSR count). The summed E-state index contributed by atoms with van der Waals surface area (Å²) in [7, 11) is 0. The van der Waals surface area contributed by atoms with Crippen molar-refractivity contribution in [2.24, 2.45) is 0 Å². The molecule has 2 aromatic heterocycles. The molecule has 0 bridgehead atoms. The van der Waals surface area contributed by atoms with E-state index in [0.717, 1.165) is 16.8 Å². The molecule has 0 radical (unpaired) electrons. The van der Waals surface area contributed by atoms with Crippen LogP contribution in [0.2, 0.25) is 0 Å². The van der Waals surface area contributed by atoms with Crippen LogP contribution in [-0.2, 0) is 11.3 Å². The van der Waals surface area contributed by atoms with Crippen LogP contribution in [0, 0.1) is 0 Å². The number of nitrogens with one attached hydrogen (secondary N) is 1. The third-order valence-electron chi connectivity index (χ3n) is 4.08. The molecule has 26 heavy (non-hydrogen) atoms. The zero-order chi connectivity index (χ0) is 18.4. The minimum absolute atomic E-state index is 0.00489. The van der Waals surface area contributed by atoms with E-state index in [1.807, 2.05) is 47.8 Å².